The first kappa shape index (κ1) is 13.4. The van der Waals surface area contributed by atoms with Crippen LogP contribution in [0.3, 0.4) is 0 Å². The number of aromatic nitrogens is 2. The number of benzene rings is 4. The quantitative estimate of drug-likeness (QED) is 0.362. The normalized spacial score (nSPS) is 11.5. The van der Waals surface area contributed by atoms with Crippen LogP contribution in [0.2, 0.25) is 0 Å². The molecule has 0 aliphatic rings. The minimum Gasteiger partial charge on any atom is -0.337 e. The van der Waals surface area contributed by atoms with Gasteiger partial charge >= 0.3 is 0 Å². The van der Waals surface area contributed by atoms with Crippen LogP contribution >= 0.6 is 0 Å². The Morgan fingerprint density at radius 2 is 1.25 bits per heavy atom. The first-order valence-corrected chi connectivity index (χ1v) is 7.96. The largest absolute Gasteiger partial charge is 0.337 e. The number of hydrogen-bond acceptors (Lipinski definition) is 1. The molecule has 0 aliphatic heterocycles. The van der Waals surface area contributed by atoms with Crippen molar-refractivity contribution in [3.05, 3.63) is 72.8 Å². The van der Waals surface area contributed by atoms with E-state index < -0.39 is 0 Å². The van der Waals surface area contributed by atoms with E-state index >= 15 is 0 Å². The summed E-state index contributed by atoms with van der Waals surface area (Å²) in [6.45, 7) is 0. The fourth-order valence-electron chi connectivity index (χ4n) is 3.40. The molecule has 0 spiro atoms. The number of H-pyrrole nitrogens is 1. The van der Waals surface area contributed by atoms with Crippen molar-refractivity contribution in [3.8, 4) is 11.4 Å². The van der Waals surface area contributed by atoms with E-state index in [1.807, 2.05) is 24.3 Å². The lowest BCUT2D eigenvalue weighted by molar-refractivity contribution is 1.34. The minimum atomic E-state index is 0.755. The molecule has 0 saturated heterocycles. The number of fused-ring (bicyclic) bond motifs is 6. The lowest BCUT2D eigenvalue weighted by Gasteiger charge is -2.05. The van der Waals surface area contributed by atoms with Gasteiger partial charge in [0.2, 0.25) is 0 Å². The molecule has 110 valence electrons. The van der Waals surface area contributed by atoms with Gasteiger partial charge in [-0.05, 0) is 10.8 Å². The molecule has 3 heteroatoms. The van der Waals surface area contributed by atoms with Crippen molar-refractivity contribution in [3.63, 3.8) is 0 Å². The van der Waals surface area contributed by atoms with Crippen LogP contribution in [0.4, 0.5) is 0 Å². The maximum Gasteiger partial charge on any atom is 0.138 e. The zero-order valence-corrected chi connectivity index (χ0v) is 13.0. The van der Waals surface area contributed by atoms with Gasteiger partial charge in [0, 0.05) is 16.3 Å². The summed E-state index contributed by atoms with van der Waals surface area (Å²) in [7, 11) is 5.80. The van der Waals surface area contributed by atoms with Crippen molar-refractivity contribution in [1.82, 2.24) is 9.97 Å². The number of hydrogen-bond donors (Lipinski definition) is 1. The smallest absolute Gasteiger partial charge is 0.138 e. The van der Waals surface area contributed by atoms with Crippen molar-refractivity contribution < 1.29 is 0 Å². The number of rotatable bonds is 1. The van der Waals surface area contributed by atoms with Crippen molar-refractivity contribution in [2.45, 2.75) is 0 Å². The maximum absolute atomic E-state index is 5.80. The van der Waals surface area contributed by atoms with Gasteiger partial charge in [-0.25, -0.2) is 4.98 Å². The van der Waals surface area contributed by atoms with Crippen LogP contribution in [0.1, 0.15) is 0 Å². The molecule has 0 bridgehead atoms. The SMILES string of the molecule is [B]c1ccc(-c2nc3c4ccccc4c4ccccc4c3[nH]2)cc1. The molecule has 0 atom stereocenters. The number of nitrogens with one attached hydrogen (secondary N) is 1. The molecule has 0 amide bonds. The summed E-state index contributed by atoms with van der Waals surface area (Å²) in [5.74, 6) is 0.867. The van der Waals surface area contributed by atoms with Gasteiger partial charge in [-0.2, -0.15) is 0 Å². The van der Waals surface area contributed by atoms with E-state index in [1.165, 1.54) is 21.5 Å². The Morgan fingerprint density at radius 3 is 1.96 bits per heavy atom. The van der Waals surface area contributed by atoms with Gasteiger partial charge in [-0.15, -0.1) is 0 Å². The topological polar surface area (TPSA) is 28.7 Å². The fourth-order valence-corrected chi connectivity index (χ4v) is 3.40. The van der Waals surface area contributed by atoms with Crippen molar-refractivity contribution >= 4 is 45.9 Å². The Bertz CT molecular complexity index is 1130. The minimum absolute atomic E-state index is 0.755. The third-order valence-corrected chi connectivity index (χ3v) is 4.56. The van der Waals surface area contributed by atoms with Crippen LogP contribution in [0, 0.1) is 0 Å². The van der Waals surface area contributed by atoms with Gasteiger partial charge < -0.3 is 4.98 Å². The predicted octanol–water partition coefficient (Wildman–Crippen LogP) is 4.33. The number of aromatic amines is 1. The molecular weight excluding hydrogens is 291 g/mol. The zero-order valence-electron chi connectivity index (χ0n) is 13.0. The Morgan fingerprint density at radius 1 is 0.667 bits per heavy atom. The highest BCUT2D eigenvalue weighted by molar-refractivity contribution is 6.32. The summed E-state index contributed by atoms with van der Waals surface area (Å²) >= 11 is 0. The van der Waals surface area contributed by atoms with Crippen LogP contribution in [-0.2, 0) is 0 Å². The van der Waals surface area contributed by atoms with E-state index in [2.05, 4.69) is 53.5 Å². The zero-order chi connectivity index (χ0) is 16.1. The lowest BCUT2D eigenvalue weighted by atomic mass is 9.95. The number of imidazole rings is 1. The average molecular weight is 304 g/mol. The molecule has 24 heavy (non-hydrogen) atoms. The Kier molecular flexibility index (Phi) is 2.77. The van der Waals surface area contributed by atoms with Crippen LogP contribution in [0.25, 0.3) is 44.0 Å². The lowest BCUT2D eigenvalue weighted by Crippen LogP contribution is -1.99. The van der Waals surface area contributed by atoms with E-state index in [4.69, 9.17) is 12.8 Å². The van der Waals surface area contributed by atoms with Crippen LogP contribution < -0.4 is 5.46 Å². The highest BCUT2D eigenvalue weighted by atomic mass is 14.9. The second-order valence-electron chi connectivity index (χ2n) is 6.02. The molecule has 4 aromatic carbocycles. The molecule has 0 saturated carbocycles. The third-order valence-electron chi connectivity index (χ3n) is 4.56. The molecule has 5 rings (SSSR count). The molecule has 2 nitrogen and oxygen atoms in total. The Balaban J connectivity index is 1.93. The molecule has 2 radical (unpaired) electrons. The average Bonchev–Trinajstić information content (AvgIpc) is 3.08. The molecule has 5 aromatic rings. The molecular formula is C21H13BN2. The summed E-state index contributed by atoms with van der Waals surface area (Å²) in [6, 6.07) is 24.7. The molecule has 1 aromatic heterocycles. The molecule has 1 heterocycles. The van der Waals surface area contributed by atoms with Gasteiger partial charge in [0.25, 0.3) is 0 Å². The van der Waals surface area contributed by atoms with Crippen molar-refractivity contribution in [2.24, 2.45) is 0 Å². The van der Waals surface area contributed by atoms with Crippen LogP contribution in [-0.4, -0.2) is 17.8 Å². The summed E-state index contributed by atoms with van der Waals surface area (Å²) in [5, 5.41) is 4.84. The summed E-state index contributed by atoms with van der Waals surface area (Å²) in [4.78, 5) is 8.41. The van der Waals surface area contributed by atoms with E-state index in [0.717, 1.165) is 27.9 Å². The first-order chi connectivity index (χ1) is 11.8. The van der Waals surface area contributed by atoms with Crippen molar-refractivity contribution in [2.75, 3.05) is 0 Å². The summed E-state index contributed by atoms with van der Waals surface area (Å²) in [6.07, 6.45) is 0. The van der Waals surface area contributed by atoms with Gasteiger partial charge in [0.15, 0.2) is 0 Å². The molecule has 1 N–H and O–H groups in total. The van der Waals surface area contributed by atoms with Gasteiger partial charge in [-0.3, -0.25) is 0 Å². The van der Waals surface area contributed by atoms with Crippen LogP contribution in [0.15, 0.2) is 72.8 Å². The van der Waals surface area contributed by atoms with Gasteiger partial charge in [0.05, 0.1) is 11.0 Å². The standard InChI is InChI=1S/C21H13BN2/c22-14-11-9-13(10-12-14)21-23-19-17-7-3-1-5-15(17)16-6-2-4-8-18(16)20(19)24-21/h1-12H,(H,23,24). The summed E-state index contributed by atoms with van der Waals surface area (Å²) in [5.41, 5.74) is 3.88. The highest BCUT2D eigenvalue weighted by Crippen LogP contribution is 2.34. The second kappa shape index (κ2) is 4.97. The Labute approximate surface area is 140 Å². The van der Waals surface area contributed by atoms with E-state index in [1.54, 1.807) is 0 Å². The Hall–Kier alpha value is -3.07. The van der Waals surface area contributed by atoms with E-state index in [0.29, 0.717) is 0 Å². The third kappa shape index (κ3) is 1.88. The first-order valence-electron chi connectivity index (χ1n) is 7.96. The van der Waals surface area contributed by atoms with E-state index in [9.17, 15) is 0 Å². The van der Waals surface area contributed by atoms with Gasteiger partial charge in [0.1, 0.15) is 13.7 Å². The molecule has 0 unspecified atom stereocenters. The van der Waals surface area contributed by atoms with Gasteiger partial charge in [-0.1, -0.05) is 78.3 Å². The highest BCUT2D eigenvalue weighted by Gasteiger charge is 2.13. The second-order valence-corrected chi connectivity index (χ2v) is 6.02. The summed E-state index contributed by atoms with van der Waals surface area (Å²) < 4.78 is 0. The fraction of sp³-hybridized carbons (Fsp3) is 0. The predicted molar refractivity (Wildman–Crippen MR) is 102 cm³/mol. The molecule has 0 aliphatic carbocycles. The van der Waals surface area contributed by atoms with E-state index in [-0.39, 0.29) is 0 Å². The monoisotopic (exact) mass is 304 g/mol. The van der Waals surface area contributed by atoms with Crippen molar-refractivity contribution in [1.29, 1.82) is 0 Å². The van der Waals surface area contributed by atoms with Crippen LogP contribution in [0.5, 0.6) is 0 Å². The number of nitrogens with zero attached hydrogens (tertiary/aromatic N) is 1. The molecule has 0 fully saturated rings. The maximum atomic E-state index is 5.80.